The second-order valence-corrected chi connectivity index (χ2v) is 8.09. The average molecular weight is 421 g/mol. The smallest absolute Gasteiger partial charge is 0.142 e. The summed E-state index contributed by atoms with van der Waals surface area (Å²) in [5.74, 6) is -0.890. The van der Waals surface area contributed by atoms with Gasteiger partial charge < -0.3 is 0 Å². The minimum absolute atomic E-state index is 0.0320. The lowest BCUT2D eigenvalue weighted by Crippen LogP contribution is -1.94. The first-order chi connectivity index (χ1) is 14.5. The molecule has 0 amide bonds. The predicted octanol–water partition coefficient (Wildman–Crippen LogP) is 8.18. The Balaban J connectivity index is 1.55. The predicted molar refractivity (Wildman–Crippen MR) is 122 cm³/mol. The van der Waals surface area contributed by atoms with Crippen molar-refractivity contribution in [3.8, 4) is 11.1 Å². The topological polar surface area (TPSA) is 0 Å². The fourth-order valence-corrected chi connectivity index (χ4v) is 3.95. The van der Waals surface area contributed by atoms with Crippen LogP contribution in [0.3, 0.4) is 0 Å². The highest BCUT2D eigenvalue weighted by molar-refractivity contribution is 6.30. The summed E-state index contributed by atoms with van der Waals surface area (Å²) in [6, 6.07) is 22.6. The zero-order chi connectivity index (χ0) is 21.1. The Hall–Kier alpha value is -2.71. The van der Waals surface area contributed by atoms with Crippen molar-refractivity contribution in [2.75, 3.05) is 0 Å². The van der Waals surface area contributed by atoms with Crippen molar-refractivity contribution in [1.29, 1.82) is 0 Å². The van der Waals surface area contributed by atoms with E-state index in [2.05, 4.69) is 31.2 Å². The second kappa shape index (κ2) is 8.97. The van der Waals surface area contributed by atoms with Gasteiger partial charge >= 0.3 is 0 Å². The summed E-state index contributed by atoms with van der Waals surface area (Å²) < 4.78 is 28.9. The molecule has 0 aliphatic carbocycles. The Bertz CT molecular complexity index is 1180. The van der Waals surface area contributed by atoms with E-state index in [1.165, 1.54) is 28.8 Å². The van der Waals surface area contributed by atoms with E-state index in [-0.39, 0.29) is 10.8 Å². The maximum Gasteiger partial charge on any atom is 0.142 e. The largest absolute Gasteiger partial charge is 0.206 e. The van der Waals surface area contributed by atoms with Gasteiger partial charge in [0, 0.05) is 10.9 Å². The molecule has 0 unspecified atom stereocenters. The zero-order valence-corrected chi connectivity index (χ0v) is 17.6. The lowest BCUT2D eigenvalue weighted by molar-refractivity contribution is 0.627. The SMILES string of the molecule is CCCc1ccc(CCc2ccc3c(F)c(-c4ccc(Cl)c(F)c4)ccc3c2)cc1. The van der Waals surface area contributed by atoms with Gasteiger partial charge in [0.05, 0.1) is 5.02 Å². The average Bonchev–Trinajstić information content (AvgIpc) is 2.76. The van der Waals surface area contributed by atoms with E-state index in [0.717, 1.165) is 31.1 Å². The van der Waals surface area contributed by atoms with Gasteiger partial charge in [-0.05, 0) is 59.0 Å². The molecule has 0 saturated carbocycles. The third kappa shape index (κ3) is 4.39. The van der Waals surface area contributed by atoms with E-state index in [4.69, 9.17) is 11.6 Å². The minimum Gasteiger partial charge on any atom is -0.206 e. The molecule has 0 aliphatic heterocycles. The molecular weight excluding hydrogens is 398 g/mol. The van der Waals surface area contributed by atoms with Gasteiger partial charge in [0.25, 0.3) is 0 Å². The van der Waals surface area contributed by atoms with Crippen LogP contribution in [-0.2, 0) is 19.3 Å². The van der Waals surface area contributed by atoms with Crippen LogP contribution in [0.1, 0.15) is 30.0 Å². The molecule has 4 rings (SSSR count). The quantitative estimate of drug-likeness (QED) is 0.295. The van der Waals surface area contributed by atoms with Crippen molar-refractivity contribution in [2.24, 2.45) is 0 Å². The van der Waals surface area contributed by atoms with E-state index in [1.807, 2.05) is 24.3 Å². The van der Waals surface area contributed by atoms with Gasteiger partial charge in [-0.1, -0.05) is 85.6 Å². The normalized spacial score (nSPS) is 11.2. The fraction of sp³-hybridized carbons (Fsp3) is 0.185. The highest BCUT2D eigenvalue weighted by Gasteiger charge is 2.12. The van der Waals surface area contributed by atoms with Crippen LogP contribution < -0.4 is 0 Å². The molecule has 0 aromatic heterocycles. The lowest BCUT2D eigenvalue weighted by atomic mass is 9.97. The number of halogens is 3. The number of hydrogen-bond acceptors (Lipinski definition) is 0. The Labute approximate surface area is 181 Å². The summed E-state index contributed by atoms with van der Waals surface area (Å²) in [7, 11) is 0. The first-order valence-corrected chi connectivity index (χ1v) is 10.7. The Morgan fingerprint density at radius 3 is 2.07 bits per heavy atom. The van der Waals surface area contributed by atoms with Crippen LogP contribution in [0.4, 0.5) is 8.78 Å². The second-order valence-electron chi connectivity index (χ2n) is 7.68. The van der Waals surface area contributed by atoms with Gasteiger partial charge in [-0.2, -0.15) is 0 Å². The van der Waals surface area contributed by atoms with E-state index in [0.29, 0.717) is 16.5 Å². The summed E-state index contributed by atoms with van der Waals surface area (Å²) in [5, 5.41) is 1.42. The van der Waals surface area contributed by atoms with Crippen LogP contribution in [0, 0.1) is 11.6 Å². The number of benzene rings is 4. The maximum atomic E-state index is 15.1. The van der Waals surface area contributed by atoms with E-state index < -0.39 is 5.82 Å². The molecule has 0 atom stereocenters. The van der Waals surface area contributed by atoms with Crippen LogP contribution in [0.25, 0.3) is 21.9 Å². The fourth-order valence-electron chi connectivity index (χ4n) is 3.83. The third-order valence-electron chi connectivity index (χ3n) is 5.51. The van der Waals surface area contributed by atoms with Crippen LogP contribution in [0.15, 0.2) is 72.8 Å². The van der Waals surface area contributed by atoms with Crippen LogP contribution in [-0.4, -0.2) is 0 Å². The summed E-state index contributed by atoms with van der Waals surface area (Å²) in [4.78, 5) is 0. The molecule has 4 aromatic rings. The van der Waals surface area contributed by atoms with Gasteiger partial charge in [0.15, 0.2) is 0 Å². The van der Waals surface area contributed by atoms with Crippen molar-refractivity contribution in [3.05, 3.63) is 106 Å². The van der Waals surface area contributed by atoms with Crippen molar-refractivity contribution in [1.82, 2.24) is 0 Å². The van der Waals surface area contributed by atoms with Crippen LogP contribution >= 0.6 is 11.6 Å². The molecule has 0 aliphatic rings. The number of aryl methyl sites for hydroxylation is 3. The minimum atomic E-state index is -0.549. The molecule has 152 valence electrons. The Morgan fingerprint density at radius 2 is 1.37 bits per heavy atom. The monoisotopic (exact) mass is 420 g/mol. The highest BCUT2D eigenvalue weighted by atomic mass is 35.5. The zero-order valence-electron chi connectivity index (χ0n) is 16.9. The number of fused-ring (bicyclic) bond motifs is 1. The molecule has 4 aromatic carbocycles. The van der Waals surface area contributed by atoms with Crippen molar-refractivity contribution in [3.63, 3.8) is 0 Å². The molecule has 0 radical (unpaired) electrons. The molecular formula is C27H23ClF2. The molecule has 0 heterocycles. The molecule has 0 saturated heterocycles. The number of rotatable bonds is 6. The first-order valence-electron chi connectivity index (χ1n) is 10.3. The van der Waals surface area contributed by atoms with Crippen LogP contribution in [0.5, 0.6) is 0 Å². The molecule has 30 heavy (non-hydrogen) atoms. The molecule has 0 nitrogen and oxygen atoms in total. The van der Waals surface area contributed by atoms with Gasteiger partial charge in [0.1, 0.15) is 11.6 Å². The summed E-state index contributed by atoms with van der Waals surface area (Å²) in [5.41, 5.74) is 4.70. The third-order valence-corrected chi connectivity index (χ3v) is 5.82. The highest BCUT2D eigenvalue weighted by Crippen LogP contribution is 2.31. The molecule has 0 bridgehead atoms. The van der Waals surface area contributed by atoms with Crippen LogP contribution in [0.2, 0.25) is 5.02 Å². The molecule has 0 N–H and O–H groups in total. The van der Waals surface area contributed by atoms with Gasteiger partial charge in [-0.25, -0.2) is 8.78 Å². The van der Waals surface area contributed by atoms with E-state index in [1.54, 1.807) is 12.1 Å². The van der Waals surface area contributed by atoms with Gasteiger partial charge in [-0.3, -0.25) is 0 Å². The summed E-state index contributed by atoms with van der Waals surface area (Å²) in [6.07, 6.45) is 4.11. The maximum absolute atomic E-state index is 15.1. The van der Waals surface area contributed by atoms with E-state index >= 15 is 4.39 Å². The lowest BCUT2D eigenvalue weighted by Gasteiger charge is -2.10. The van der Waals surface area contributed by atoms with Gasteiger partial charge in [0.2, 0.25) is 0 Å². The molecule has 0 fully saturated rings. The molecule has 3 heteroatoms. The number of hydrogen-bond donors (Lipinski definition) is 0. The first kappa shape index (κ1) is 20.6. The van der Waals surface area contributed by atoms with Crippen molar-refractivity contribution in [2.45, 2.75) is 32.6 Å². The van der Waals surface area contributed by atoms with E-state index in [9.17, 15) is 4.39 Å². The Morgan fingerprint density at radius 1 is 0.700 bits per heavy atom. The summed E-state index contributed by atoms with van der Waals surface area (Å²) >= 11 is 5.75. The van der Waals surface area contributed by atoms with Gasteiger partial charge in [-0.15, -0.1) is 0 Å². The Kier molecular flexibility index (Phi) is 6.15. The summed E-state index contributed by atoms with van der Waals surface area (Å²) in [6.45, 7) is 2.19. The van der Waals surface area contributed by atoms with Crippen molar-refractivity contribution < 1.29 is 8.78 Å². The standard InChI is InChI=1S/C27H23ClF2/c1-2-3-18-4-6-19(7-5-18)8-9-20-10-13-23-21(16-20)11-14-24(27(23)30)22-12-15-25(28)26(29)17-22/h4-7,10-17H,2-3,8-9H2,1H3. The van der Waals surface area contributed by atoms with Crippen molar-refractivity contribution >= 4 is 22.4 Å². The molecule has 0 spiro atoms.